The number of allylic oxidation sites excluding steroid dienone is 1. The highest BCUT2D eigenvalue weighted by Crippen LogP contribution is 2.20. The SMILES string of the molecule is C=C(C)C(=O)CCSCC(C)(C)C. The second-order valence-corrected chi connectivity index (χ2v) is 5.67. The molecule has 0 aliphatic carbocycles. The van der Waals surface area contributed by atoms with Gasteiger partial charge < -0.3 is 0 Å². The molecule has 0 radical (unpaired) electrons. The van der Waals surface area contributed by atoms with Crippen LogP contribution in [0.3, 0.4) is 0 Å². The van der Waals surface area contributed by atoms with Gasteiger partial charge in [-0.2, -0.15) is 11.8 Å². The van der Waals surface area contributed by atoms with E-state index in [0.29, 0.717) is 17.4 Å². The molecule has 0 atom stereocenters. The van der Waals surface area contributed by atoms with Gasteiger partial charge in [-0.1, -0.05) is 27.4 Å². The van der Waals surface area contributed by atoms with E-state index in [4.69, 9.17) is 0 Å². The second kappa shape index (κ2) is 5.48. The molecule has 0 aromatic heterocycles. The topological polar surface area (TPSA) is 17.1 Å². The van der Waals surface area contributed by atoms with E-state index in [-0.39, 0.29) is 5.78 Å². The van der Waals surface area contributed by atoms with Crippen molar-refractivity contribution in [2.24, 2.45) is 5.41 Å². The highest BCUT2D eigenvalue weighted by molar-refractivity contribution is 7.99. The number of carbonyl (C=O) groups is 1. The van der Waals surface area contributed by atoms with Gasteiger partial charge >= 0.3 is 0 Å². The molecule has 0 aliphatic heterocycles. The van der Waals surface area contributed by atoms with Crippen LogP contribution in [0.5, 0.6) is 0 Å². The molecule has 0 fully saturated rings. The van der Waals surface area contributed by atoms with Gasteiger partial charge in [0.15, 0.2) is 5.78 Å². The lowest BCUT2D eigenvalue weighted by Crippen LogP contribution is -2.09. The first-order valence-corrected chi connectivity index (χ1v) is 5.75. The average Bonchev–Trinajstić information content (AvgIpc) is 1.95. The summed E-state index contributed by atoms with van der Waals surface area (Å²) in [4.78, 5) is 11.2. The Morgan fingerprint density at radius 1 is 1.38 bits per heavy atom. The van der Waals surface area contributed by atoms with Gasteiger partial charge in [-0.05, 0) is 23.7 Å². The molecule has 76 valence electrons. The molecule has 0 saturated carbocycles. The molecule has 2 heteroatoms. The van der Waals surface area contributed by atoms with Crippen molar-refractivity contribution in [2.75, 3.05) is 11.5 Å². The summed E-state index contributed by atoms with van der Waals surface area (Å²) in [6.07, 6.45) is 0.635. The van der Waals surface area contributed by atoms with Gasteiger partial charge in [0, 0.05) is 12.2 Å². The summed E-state index contributed by atoms with van der Waals surface area (Å²) in [5.41, 5.74) is 1.04. The van der Waals surface area contributed by atoms with Crippen LogP contribution in [0.4, 0.5) is 0 Å². The van der Waals surface area contributed by atoms with Crippen molar-refractivity contribution in [3.63, 3.8) is 0 Å². The molecule has 0 aromatic rings. The standard InChI is InChI=1S/C11H20OS/c1-9(2)10(12)6-7-13-8-11(3,4)5/h1,6-8H2,2-5H3. The van der Waals surface area contributed by atoms with Crippen LogP contribution in [-0.2, 0) is 4.79 Å². The summed E-state index contributed by atoms with van der Waals surface area (Å²) >= 11 is 1.84. The minimum Gasteiger partial charge on any atom is -0.295 e. The zero-order valence-corrected chi connectivity index (χ0v) is 9.96. The highest BCUT2D eigenvalue weighted by Gasteiger charge is 2.10. The first-order chi connectivity index (χ1) is 5.83. The Bertz CT molecular complexity index is 189. The van der Waals surface area contributed by atoms with Gasteiger partial charge in [0.05, 0.1) is 0 Å². The van der Waals surface area contributed by atoms with Crippen LogP contribution in [-0.4, -0.2) is 17.3 Å². The van der Waals surface area contributed by atoms with E-state index in [1.54, 1.807) is 6.92 Å². The van der Waals surface area contributed by atoms with Crippen LogP contribution in [0, 0.1) is 5.41 Å². The van der Waals surface area contributed by atoms with E-state index < -0.39 is 0 Å². The third-order valence-electron chi connectivity index (χ3n) is 1.48. The van der Waals surface area contributed by atoms with E-state index >= 15 is 0 Å². The molecule has 0 aliphatic rings. The predicted octanol–water partition coefficient (Wildman–Crippen LogP) is 3.30. The normalized spacial score (nSPS) is 11.4. The molecule has 0 N–H and O–H groups in total. The van der Waals surface area contributed by atoms with E-state index in [0.717, 1.165) is 11.5 Å². The predicted molar refractivity (Wildman–Crippen MR) is 61.2 cm³/mol. The van der Waals surface area contributed by atoms with Gasteiger partial charge in [0.25, 0.3) is 0 Å². The number of Topliss-reactive ketones (excluding diaryl/α,β-unsaturated/α-hetero) is 1. The second-order valence-electron chi connectivity index (χ2n) is 4.57. The largest absolute Gasteiger partial charge is 0.295 e. The van der Waals surface area contributed by atoms with E-state index in [1.807, 2.05) is 11.8 Å². The van der Waals surface area contributed by atoms with Crippen LogP contribution < -0.4 is 0 Å². The Morgan fingerprint density at radius 3 is 2.31 bits per heavy atom. The molecule has 0 bridgehead atoms. The molecular weight excluding hydrogens is 180 g/mol. The summed E-state index contributed by atoms with van der Waals surface area (Å²) in [5, 5.41) is 0. The molecule has 0 amide bonds. The Labute approximate surface area is 86.0 Å². The van der Waals surface area contributed by atoms with Gasteiger partial charge in [0.1, 0.15) is 0 Å². The monoisotopic (exact) mass is 200 g/mol. The molecule has 1 nitrogen and oxygen atoms in total. The summed E-state index contributed by atoms with van der Waals surface area (Å²) in [6, 6.07) is 0. The van der Waals surface area contributed by atoms with Crippen LogP contribution in [0.2, 0.25) is 0 Å². The number of hydrogen-bond acceptors (Lipinski definition) is 2. The molecule has 0 aromatic carbocycles. The zero-order valence-electron chi connectivity index (χ0n) is 9.14. The Morgan fingerprint density at radius 2 is 1.92 bits per heavy atom. The third-order valence-corrected chi connectivity index (χ3v) is 3.05. The number of ketones is 1. The van der Waals surface area contributed by atoms with Crippen molar-refractivity contribution in [3.05, 3.63) is 12.2 Å². The zero-order chi connectivity index (χ0) is 10.5. The fourth-order valence-corrected chi connectivity index (χ4v) is 1.84. The van der Waals surface area contributed by atoms with E-state index in [9.17, 15) is 4.79 Å². The molecule has 13 heavy (non-hydrogen) atoms. The number of carbonyl (C=O) groups excluding carboxylic acids is 1. The van der Waals surface area contributed by atoms with E-state index in [1.165, 1.54) is 0 Å². The molecule has 0 saturated heterocycles. The minimum atomic E-state index is 0.196. The molecule has 0 rings (SSSR count). The highest BCUT2D eigenvalue weighted by atomic mass is 32.2. The third kappa shape index (κ3) is 8.10. The number of thioether (sulfide) groups is 1. The Hall–Kier alpha value is -0.240. The first kappa shape index (κ1) is 12.8. The fraction of sp³-hybridized carbons (Fsp3) is 0.727. The molecule has 0 heterocycles. The van der Waals surface area contributed by atoms with Gasteiger partial charge in [-0.15, -0.1) is 0 Å². The maximum atomic E-state index is 11.2. The maximum absolute atomic E-state index is 11.2. The van der Waals surface area contributed by atoms with Gasteiger partial charge in [-0.25, -0.2) is 0 Å². The van der Waals surface area contributed by atoms with Crippen molar-refractivity contribution >= 4 is 17.5 Å². The lowest BCUT2D eigenvalue weighted by molar-refractivity contribution is -0.115. The first-order valence-electron chi connectivity index (χ1n) is 4.59. The smallest absolute Gasteiger partial charge is 0.158 e. The van der Waals surface area contributed by atoms with Gasteiger partial charge in [0.2, 0.25) is 0 Å². The number of rotatable bonds is 5. The van der Waals surface area contributed by atoms with Crippen LogP contribution in [0.25, 0.3) is 0 Å². The van der Waals surface area contributed by atoms with Crippen molar-refractivity contribution in [3.8, 4) is 0 Å². The minimum absolute atomic E-state index is 0.196. The average molecular weight is 200 g/mol. The summed E-state index contributed by atoms with van der Waals surface area (Å²) in [5.74, 6) is 2.22. The quantitative estimate of drug-likeness (QED) is 0.500. The number of hydrogen-bond donors (Lipinski definition) is 0. The lowest BCUT2D eigenvalue weighted by atomic mass is 10.0. The molecule has 0 unspecified atom stereocenters. The maximum Gasteiger partial charge on any atom is 0.158 e. The Kier molecular flexibility index (Phi) is 5.38. The van der Waals surface area contributed by atoms with Crippen LogP contribution in [0.15, 0.2) is 12.2 Å². The summed E-state index contributed by atoms with van der Waals surface area (Å²) in [7, 11) is 0. The fourth-order valence-electron chi connectivity index (χ4n) is 0.757. The van der Waals surface area contributed by atoms with Crippen molar-refractivity contribution in [1.29, 1.82) is 0 Å². The molecular formula is C11H20OS. The van der Waals surface area contributed by atoms with Gasteiger partial charge in [-0.3, -0.25) is 4.79 Å². The molecule has 0 spiro atoms. The lowest BCUT2D eigenvalue weighted by Gasteiger charge is -2.16. The van der Waals surface area contributed by atoms with Crippen molar-refractivity contribution < 1.29 is 4.79 Å². The van der Waals surface area contributed by atoms with Crippen molar-refractivity contribution in [2.45, 2.75) is 34.1 Å². The summed E-state index contributed by atoms with van der Waals surface area (Å²) in [6.45, 7) is 12.0. The van der Waals surface area contributed by atoms with Crippen LogP contribution >= 0.6 is 11.8 Å². The Balaban J connectivity index is 3.47. The van der Waals surface area contributed by atoms with Crippen molar-refractivity contribution in [1.82, 2.24) is 0 Å². The van der Waals surface area contributed by atoms with E-state index in [2.05, 4.69) is 27.4 Å². The van der Waals surface area contributed by atoms with Crippen LogP contribution in [0.1, 0.15) is 34.1 Å². The summed E-state index contributed by atoms with van der Waals surface area (Å²) < 4.78 is 0.